The van der Waals surface area contributed by atoms with Gasteiger partial charge in [-0.15, -0.1) is 0 Å². The molecular formula is C17H27NO2. The van der Waals surface area contributed by atoms with Gasteiger partial charge in [0.2, 0.25) is 0 Å². The Morgan fingerprint density at radius 1 is 1.15 bits per heavy atom. The largest absolute Gasteiger partial charge is 0.492 e. The first-order valence-corrected chi connectivity index (χ1v) is 7.65. The number of ether oxygens (including phenoxy) is 1. The summed E-state index contributed by atoms with van der Waals surface area (Å²) in [7, 11) is 2.09. The topological polar surface area (TPSA) is 32.7 Å². The molecule has 3 nitrogen and oxygen atoms in total. The van der Waals surface area contributed by atoms with Gasteiger partial charge in [0.15, 0.2) is 0 Å². The van der Waals surface area contributed by atoms with Gasteiger partial charge in [0.25, 0.3) is 0 Å². The lowest BCUT2D eigenvalue weighted by Crippen LogP contribution is -2.44. The summed E-state index contributed by atoms with van der Waals surface area (Å²) in [4.78, 5) is 2.24. The van der Waals surface area contributed by atoms with Crippen LogP contribution in [0.1, 0.15) is 36.8 Å². The van der Waals surface area contributed by atoms with E-state index in [9.17, 15) is 5.11 Å². The number of nitrogens with zero attached hydrogens (tertiary/aromatic N) is 1. The van der Waals surface area contributed by atoms with Crippen LogP contribution in [0.25, 0.3) is 0 Å². The molecule has 0 heterocycles. The SMILES string of the molecule is Cc1cc(C)cc(OCCN(C)C2CCCCC2O)c1. The van der Waals surface area contributed by atoms with Gasteiger partial charge in [0.1, 0.15) is 12.4 Å². The minimum atomic E-state index is -0.171. The van der Waals surface area contributed by atoms with Crippen LogP contribution in [0.5, 0.6) is 5.75 Å². The molecule has 0 radical (unpaired) electrons. The highest BCUT2D eigenvalue weighted by Crippen LogP contribution is 2.22. The molecule has 0 aromatic heterocycles. The number of hydrogen-bond donors (Lipinski definition) is 1. The summed E-state index contributed by atoms with van der Waals surface area (Å²) in [5, 5.41) is 10.0. The van der Waals surface area contributed by atoms with Gasteiger partial charge < -0.3 is 9.84 Å². The van der Waals surface area contributed by atoms with Crippen LogP contribution in [-0.2, 0) is 0 Å². The molecule has 1 aromatic rings. The van der Waals surface area contributed by atoms with Crippen molar-refractivity contribution in [2.75, 3.05) is 20.2 Å². The lowest BCUT2D eigenvalue weighted by atomic mass is 9.92. The second kappa shape index (κ2) is 7.09. The third-order valence-electron chi connectivity index (χ3n) is 4.17. The van der Waals surface area contributed by atoms with E-state index in [1.54, 1.807) is 0 Å². The van der Waals surface area contributed by atoms with Crippen LogP contribution in [0.2, 0.25) is 0 Å². The summed E-state index contributed by atoms with van der Waals surface area (Å²) in [6, 6.07) is 6.59. The molecule has 2 unspecified atom stereocenters. The zero-order chi connectivity index (χ0) is 14.5. The number of likely N-dealkylation sites (N-methyl/N-ethyl adjacent to an activating group) is 1. The van der Waals surface area contributed by atoms with Gasteiger partial charge in [-0.25, -0.2) is 0 Å². The van der Waals surface area contributed by atoms with E-state index in [0.29, 0.717) is 12.6 Å². The van der Waals surface area contributed by atoms with Gasteiger partial charge >= 0.3 is 0 Å². The summed E-state index contributed by atoms with van der Waals surface area (Å²) in [6.45, 7) is 5.70. The Morgan fingerprint density at radius 2 is 1.80 bits per heavy atom. The zero-order valence-corrected chi connectivity index (χ0v) is 12.9. The van der Waals surface area contributed by atoms with Gasteiger partial charge in [0.05, 0.1) is 6.10 Å². The highest BCUT2D eigenvalue weighted by Gasteiger charge is 2.26. The highest BCUT2D eigenvalue weighted by molar-refractivity contribution is 5.32. The first kappa shape index (κ1) is 15.3. The minimum Gasteiger partial charge on any atom is -0.492 e. The Bertz CT molecular complexity index is 413. The zero-order valence-electron chi connectivity index (χ0n) is 12.9. The number of aliphatic hydroxyl groups excluding tert-OH is 1. The fourth-order valence-electron chi connectivity index (χ4n) is 3.10. The Balaban J connectivity index is 1.80. The average Bonchev–Trinajstić information content (AvgIpc) is 2.38. The molecule has 1 saturated carbocycles. The maximum atomic E-state index is 10.0. The van der Waals surface area contributed by atoms with Crippen molar-refractivity contribution in [3.63, 3.8) is 0 Å². The van der Waals surface area contributed by atoms with Crippen molar-refractivity contribution >= 4 is 0 Å². The molecule has 0 amide bonds. The van der Waals surface area contributed by atoms with Crippen molar-refractivity contribution in [1.82, 2.24) is 4.90 Å². The van der Waals surface area contributed by atoms with Gasteiger partial charge in [-0.1, -0.05) is 18.9 Å². The van der Waals surface area contributed by atoms with Gasteiger partial charge in [-0.3, -0.25) is 4.90 Å². The first-order valence-electron chi connectivity index (χ1n) is 7.65. The van der Waals surface area contributed by atoms with Crippen LogP contribution in [-0.4, -0.2) is 42.4 Å². The fourth-order valence-corrected chi connectivity index (χ4v) is 3.10. The maximum absolute atomic E-state index is 10.0. The molecule has 1 aliphatic rings. The Hall–Kier alpha value is -1.06. The molecule has 2 atom stereocenters. The predicted octanol–water partition coefficient (Wildman–Crippen LogP) is 2.92. The number of benzene rings is 1. The van der Waals surface area contributed by atoms with E-state index >= 15 is 0 Å². The molecule has 2 rings (SSSR count). The monoisotopic (exact) mass is 277 g/mol. The second-order valence-corrected chi connectivity index (χ2v) is 6.07. The van der Waals surface area contributed by atoms with Crippen molar-refractivity contribution in [3.8, 4) is 5.75 Å². The van der Waals surface area contributed by atoms with Crippen LogP contribution >= 0.6 is 0 Å². The van der Waals surface area contributed by atoms with Crippen LogP contribution in [0.15, 0.2) is 18.2 Å². The number of aliphatic hydroxyl groups is 1. The molecule has 0 bridgehead atoms. The summed E-state index contributed by atoms with van der Waals surface area (Å²) in [5.41, 5.74) is 2.46. The first-order chi connectivity index (χ1) is 9.56. The van der Waals surface area contributed by atoms with Crippen LogP contribution in [0, 0.1) is 13.8 Å². The minimum absolute atomic E-state index is 0.171. The molecule has 1 aromatic carbocycles. The maximum Gasteiger partial charge on any atom is 0.119 e. The molecule has 0 saturated heterocycles. The lowest BCUT2D eigenvalue weighted by Gasteiger charge is -2.35. The van der Waals surface area contributed by atoms with Crippen LogP contribution < -0.4 is 4.74 Å². The van der Waals surface area contributed by atoms with Gasteiger partial charge in [-0.2, -0.15) is 0 Å². The van der Waals surface area contributed by atoms with Crippen molar-refractivity contribution < 1.29 is 9.84 Å². The van der Waals surface area contributed by atoms with Crippen molar-refractivity contribution in [2.24, 2.45) is 0 Å². The van der Waals surface area contributed by atoms with E-state index in [0.717, 1.165) is 31.6 Å². The number of aryl methyl sites for hydroxylation is 2. The summed E-state index contributed by atoms with van der Waals surface area (Å²) >= 11 is 0. The van der Waals surface area contributed by atoms with E-state index in [1.165, 1.54) is 17.5 Å². The molecule has 20 heavy (non-hydrogen) atoms. The highest BCUT2D eigenvalue weighted by atomic mass is 16.5. The van der Waals surface area contributed by atoms with E-state index in [2.05, 4.69) is 44.0 Å². The lowest BCUT2D eigenvalue weighted by molar-refractivity contribution is 0.0272. The van der Waals surface area contributed by atoms with Gasteiger partial charge in [-0.05, 0) is 57.0 Å². The second-order valence-electron chi connectivity index (χ2n) is 6.07. The van der Waals surface area contributed by atoms with Crippen molar-refractivity contribution in [3.05, 3.63) is 29.3 Å². The summed E-state index contributed by atoms with van der Waals surface area (Å²) < 4.78 is 5.84. The van der Waals surface area contributed by atoms with E-state index in [4.69, 9.17) is 4.74 Å². The van der Waals surface area contributed by atoms with Crippen LogP contribution in [0.4, 0.5) is 0 Å². The Morgan fingerprint density at radius 3 is 2.45 bits per heavy atom. The number of hydrogen-bond acceptors (Lipinski definition) is 3. The number of rotatable bonds is 5. The Labute approximate surface area is 122 Å². The summed E-state index contributed by atoms with van der Waals surface area (Å²) in [6.07, 6.45) is 4.25. The van der Waals surface area contributed by atoms with Crippen molar-refractivity contribution in [1.29, 1.82) is 0 Å². The van der Waals surface area contributed by atoms with Crippen molar-refractivity contribution in [2.45, 2.75) is 51.7 Å². The smallest absolute Gasteiger partial charge is 0.119 e. The van der Waals surface area contributed by atoms with Gasteiger partial charge in [0, 0.05) is 12.6 Å². The molecule has 0 aliphatic heterocycles. The molecule has 112 valence electrons. The molecule has 1 fully saturated rings. The van der Waals surface area contributed by atoms with Crippen LogP contribution in [0.3, 0.4) is 0 Å². The molecule has 3 heteroatoms. The predicted molar refractivity (Wildman–Crippen MR) is 82.3 cm³/mol. The molecular weight excluding hydrogens is 250 g/mol. The van der Waals surface area contributed by atoms with E-state index in [1.807, 2.05) is 0 Å². The average molecular weight is 277 g/mol. The third kappa shape index (κ3) is 4.22. The molecule has 1 aliphatic carbocycles. The summed E-state index contributed by atoms with van der Waals surface area (Å²) in [5.74, 6) is 0.945. The van der Waals surface area contributed by atoms with E-state index < -0.39 is 0 Å². The normalized spacial score (nSPS) is 23.1. The third-order valence-corrected chi connectivity index (χ3v) is 4.17. The molecule has 1 N–H and O–H groups in total. The van der Waals surface area contributed by atoms with E-state index in [-0.39, 0.29) is 6.10 Å². The fraction of sp³-hybridized carbons (Fsp3) is 0.647. The Kier molecular flexibility index (Phi) is 5.44. The quantitative estimate of drug-likeness (QED) is 0.898. The standard InChI is InChI=1S/C17H27NO2/c1-13-10-14(2)12-15(11-13)20-9-8-18(3)16-6-4-5-7-17(16)19/h10-12,16-17,19H,4-9H2,1-3H3. The molecule has 0 spiro atoms.